The van der Waals surface area contributed by atoms with Crippen LogP contribution in [-0.4, -0.2) is 31.0 Å². The van der Waals surface area contributed by atoms with Gasteiger partial charge in [0.05, 0.1) is 12.8 Å². The lowest BCUT2D eigenvalue weighted by molar-refractivity contribution is -0.116. The maximum atomic E-state index is 12.3. The molecule has 0 atom stereocenters. The Balaban J connectivity index is 1.92. The summed E-state index contributed by atoms with van der Waals surface area (Å²) in [4.78, 5) is 14.6. The van der Waals surface area contributed by atoms with E-state index in [1.165, 1.54) is 5.56 Å². The molecule has 25 heavy (non-hydrogen) atoms. The number of hydrogen-bond acceptors (Lipinski definition) is 3. The number of hydrogen-bond donors (Lipinski definition) is 1. The van der Waals surface area contributed by atoms with Crippen molar-refractivity contribution >= 4 is 23.2 Å². The fraction of sp³-hybridized carbons (Fsp3) is 0.350. The van der Waals surface area contributed by atoms with Crippen molar-refractivity contribution in [2.45, 2.75) is 26.8 Å². The Morgan fingerprint density at radius 3 is 2.60 bits per heavy atom. The molecule has 0 aliphatic carbocycles. The van der Waals surface area contributed by atoms with Crippen molar-refractivity contribution < 1.29 is 9.53 Å². The van der Waals surface area contributed by atoms with Crippen LogP contribution in [-0.2, 0) is 11.3 Å². The molecular weight excluding hydrogens is 336 g/mol. The van der Waals surface area contributed by atoms with Gasteiger partial charge in [-0.15, -0.1) is 0 Å². The molecule has 0 spiro atoms. The third kappa shape index (κ3) is 5.76. The molecule has 0 aromatic heterocycles. The zero-order valence-electron chi connectivity index (χ0n) is 15.0. The highest BCUT2D eigenvalue weighted by molar-refractivity contribution is 6.31. The van der Waals surface area contributed by atoms with Gasteiger partial charge in [0.1, 0.15) is 5.75 Å². The molecule has 134 valence electrons. The van der Waals surface area contributed by atoms with Gasteiger partial charge in [-0.2, -0.15) is 0 Å². The molecule has 1 amide bonds. The molecule has 0 heterocycles. The van der Waals surface area contributed by atoms with E-state index < -0.39 is 0 Å². The van der Waals surface area contributed by atoms with Crippen LogP contribution in [0.1, 0.15) is 24.5 Å². The van der Waals surface area contributed by atoms with Crippen molar-refractivity contribution in [2.75, 3.05) is 25.5 Å². The van der Waals surface area contributed by atoms with E-state index in [1.54, 1.807) is 13.2 Å². The van der Waals surface area contributed by atoms with Crippen LogP contribution in [0.2, 0.25) is 5.02 Å². The second kappa shape index (κ2) is 9.44. The number of ether oxygens (including phenoxy) is 1. The van der Waals surface area contributed by atoms with Crippen LogP contribution < -0.4 is 10.1 Å². The molecule has 2 rings (SSSR count). The number of nitrogens with one attached hydrogen (secondary N) is 1. The average molecular weight is 361 g/mol. The number of amides is 1. The summed E-state index contributed by atoms with van der Waals surface area (Å²) in [6.07, 6.45) is 0.422. The molecule has 0 aliphatic heterocycles. The maximum Gasteiger partial charge on any atom is 0.225 e. The number of carbonyl (C=O) groups excluding carboxylic acids is 1. The first kappa shape index (κ1) is 19.3. The fourth-order valence-corrected chi connectivity index (χ4v) is 2.75. The summed E-state index contributed by atoms with van der Waals surface area (Å²) >= 11 is 6.10. The smallest absolute Gasteiger partial charge is 0.225 e. The van der Waals surface area contributed by atoms with E-state index in [0.29, 0.717) is 29.4 Å². The standard InChI is InChI=1S/C20H25ClN2O2/c1-4-23(14-16-8-6-5-7-9-16)11-10-20(24)22-18-12-15(2)17(21)13-19(18)25-3/h5-9,12-13H,4,10-11,14H2,1-3H3,(H,22,24). The van der Waals surface area contributed by atoms with Gasteiger partial charge in [-0.25, -0.2) is 0 Å². The van der Waals surface area contributed by atoms with Gasteiger partial charge in [-0.05, 0) is 30.7 Å². The zero-order valence-corrected chi connectivity index (χ0v) is 15.8. The molecule has 0 unspecified atom stereocenters. The average Bonchev–Trinajstić information content (AvgIpc) is 2.62. The van der Waals surface area contributed by atoms with E-state index in [9.17, 15) is 4.79 Å². The Morgan fingerprint density at radius 2 is 1.96 bits per heavy atom. The van der Waals surface area contributed by atoms with E-state index >= 15 is 0 Å². The van der Waals surface area contributed by atoms with Crippen molar-refractivity contribution in [2.24, 2.45) is 0 Å². The first-order chi connectivity index (χ1) is 12.0. The Kier molecular flexibility index (Phi) is 7.29. The van der Waals surface area contributed by atoms with Crippen molar-refractivity contribution in [3.05, 3.63) is 58.6 Å². The largest absolute Gasteiger partial charge is 0.495 e. The summed E-state index contributed by atoms with van der Waals surface area (Å²) in [6, 6.07) is 13.8. The van der Waals surface area contributed by atoms with Crippen LogP contribution in [0.5, 0.6) is 5.75 Å². The van der Waals surface area contributed by atoms with Gasteiger partial charge in [-0.1, -0.05) is 48.9 Å². The summed E-state index contributed by atoms with van der Waals surface area (Å²) in [5.41, 5.74) is 2.80. The first-order valence-electron chi connectivity index (χ1n) is 8.43. The summed E-state index contributed by atoms with van der Waals surface area (Å²) < 4.78 is 5.30. The molecule has 0 saturated carbocycles. The van der Waals surface area contributed by atoms with Gasteiger partial charge in [0.25, 0.3) is 0 Å². The number of aryl methyl sites for hydroxylation is 1. The molecule has 2 aromatic carbocycles. The minimum Gasteiger partial charge on any atom is -0.495 e. The lowest BCUT2D eigenvalue weighted by Crippen LogP contribution is -2.27. The predicted octanol–water partition coefficient (Wildman–Crippen LogP) is 4.51. The van der Waals surface area contributed by atoms with Crippen LogP contribution >= 0.6 is 11.6 Å². The predicted molar refractivity (Wildman–Crippen MR) is 103 cm³/mol. The molecule has 0 bridgehead atoms. The van der Waals surface area contributed by atoms with E-state index in [2.05, 4.69) is 29.3 Å². The highest BCUT2D eigenvalue weighted by Crippen LogP contribution is 2.31. The molecule has 5 heteroatoms. The normalized spacial score (nSPS) is 10.8. The van der Waals surface area contributed by atoms with Crippen LogP contribution in [0.25, 0.3) is 0 Å². The van der Waals surface area contributed by atoms with Crippen LogP contribution in [0.4, 0.5) is 5.69 Å². The molecule has 4 nitrogen and oxygen atoms in total. The fourth-order valence-electron chi connectivity index (χ4n) is 2.59. The van der Waals surface area contributed by atoms with Crippen molar-refractivity contribution in [1.82, 2.24) is 4.90 Å². The summed E-state index contributed by atoms with van der Waals surface area (Å²) in [6.45, 7) is 6.44. The molecule has 0 fully saturated rings. The molecule has 0 aliphatic rings. The van der Waals surface area contributed by atoms with Crippen molar-refractivity contribution in [3.8, 4) is 5.75 Å². The number of methoxy groups -OCH3 is 1. The number of halogens is 1. The maximum absolute atomic E-state index is 12.3. The molecule has 0 radical (unpaired) electrons. The van der Waals surface area contributed by atoms with Gasteiger partial charge < -0.3 is 10.1 Å². The summed E-state index contributed by atoms with van der Waals surface area (Å²) in [5, 5.41) is 3.54. The lowest BCUT2D eigenvalue weighted by atomic mass is 10.2. The topological polar surface area (TPSA) is 41.6 Å². The van der Waals surface area contributed by atoms with E-state index in [0.717, 1.165) is 18.7 Å². The molecule has 2 aromatic rings. The van der Waals surface area contributed by atoms with Gasteiger partial charge in [-0.3, -0.25) is 9.69 Å². The van der Waals surface area contributed by atoms with E-state index in [-0.39, 0.29) is 5.91 Å². The zero-order chi connectivity index (χ0) is 18.2. The van der Waals surface area contributed by atoms with Gasteiger partial charge in [0.15, 0.2) is 0 Å². The number of rotatable bonds is 8. The molecular formula is C20H25ClN2O2. The SMILES string of the molecule is CCN(CCC(=O)Nc1cc(C)c(Cl)cc1OC)Cc1ccccc1. The number of carbonyl (C=O) groups is 1. The quantitative estimate of drug-likeness (QED) is 0.753. The van der Waals surface area contributed by atoms with E-state index in [4.69, 9.17) is 16.3 Å². The highest BCUT2D eigenvalue weighted by Gasteiger charge is 2.12. The van der Waals surface area contributed by atoms with Gasteiger partial charge in [0, 0.05) is 30.6 Å². The van der Waals surface area contributed by atoms with Crippen LogP contribution in [0.15, 0.2) is 42.5 Å². The number of benzene rings is 2. The summed E-state index contributed by atoms with van der Waals surface area (Å²) in [7, 11) is 1.56. The Hall–Kier alpha value is -2.04. The third-order valence-electron chi connectivity index (χ3n) is 4.11. The van der Waals surface area contributed by atoms with Gasteiger partial charge in [0.2, 0.25) is 5.91 Å². The number of anilines is 1. The second-order valence-corrected chi connectivity index (χ2v) is 6.36. The summed E-state index contributed by atoms with van der Waals surface area (Å²) in [5.74, 6) is 0.534. The monoisotopic (exact) mass is 360 g/mol. The third-order valence-corrected chi connectivity index (χ3v) is 4.51. The van der Waals surface area contributed by atoms with Gasteiger partial charge >= 0.3 is 0 Å². The second-order valence-electron chi connectivity index (χ2n) is 5.95. The van der Waals surface area contributed by atoms with Crippen molar-refractivity contribution in [1.29, 1.82) is 0 Å². The Bertz CT molecular complexity index is 704. The minimum absolute atomic E-state index is 0.0356. The first-order valence-corrected chi connectivity index (χ1v) is 8.81. The Labute approximate surface area is 154 Å². The highest BCUT2D eigenvalue weighted by atomic mass is 35.5. The number of nitrogens with zero attached hydrogens (tertiary/aromatic N) is 1. The van der Waals surface area contributed by atoms with Crippen molar-refractivity contribution in [3.63, 3.8) is 0 Å². The minimum atomic E-state index is -0.0356. The lowest BCUT2D eigenvalue weighted by Gasteiger charge is -2.20. The molecule has 1 N–H and O–H groups in total. The van der Waals surface area contributed by atoms with Crippen LogP contribution in [0, 0.1) is 6.92 Å². The van der Waals surface area contributed by atoms with Crippen LogP contribution in [0.3, 0.4) is 0 Å². The Morgan fingerprint density at radius 1 is 1.24 bits per heavy atom. The molecule has 0 saturated heterocycles. The van der Waals surface area contributed by atoms with E-state index in [1.807, 2.05) is 31.2 Å².